The van der Waals surface area contributed by atoms with E-state index in [4.69, 9.17) is 5.73 Å². The molecule has 0 saturated heterocycles. The van der Waals surface area contributed by atoms with Gasteiger partial charge in [-0.2, -0.15) is 13.2 Å². The molecule has 0 bridgehead atoms. The SMILES string of the molecule is CC(C1CC1)N(CC(F)(F)F)C(=O)c1cccc(N)c1. The van der Waals surface area contributed by atoms with Crippen molar-refractivity contribution in [3.63, 3.8) is 0 Å². The molecule has 0 radical (unpaired) electrons. The summed E-state index contributed by atoms with van der Waals surface area (Å²) in [5.41, 5.74) is 6.14. The Morgan fingerprint density at radius 2 is 2.10 bits per heavy atom. The number of nitrogens with zero attached hydrogens (tertiary/aromatic N) is 1. The van der Waals surface area contributed by atoms with Crippen LogP contribution < -0.4 is 5.73 Å². The van der Waals surface area contributed by atoms with Gasteiger partial charge < -0.3 is 10.6 Å². The summed E-state index contributed by atoms with van der Waals surface area (Å²) in [5.74, 6) is -0.448. The average molecular weight is 286 g/mol. The Bertz CT molecular complexity index is 497. The molecular formula is C14H17F3N2O. The van der Waals surface area contributed by atoms with E-state index in [0.717, 1.165) is 17.7 Å². The molecule has 3 nitrogen and oxygen atoms in total. The predicted octanol–water partition coefficient (Wildman–Crippen LogP) is 3.07. The Hall–Kier alpha value is -1.72. The molecule has 1 aliphatic rings. The molecule has 0 spiro atoms. The monoisotopic (exact) mass is 286 g/mol. The van der Waals surface area contributed by atoms with Crippen LogP contribution in [0.3, 0.4) is 0 Å². The first-order valence-corrected chi connectivity index (χ1v) is 6.51. The molecule has 1 aliphatic carbocycles. The molecule has 1 saturated carbocycles. The normalized spacial score (nSPS) is 16.8. The van der Waals surface area contributed by atoms with E-state index in [2.05, 4.69) is 0 Å². The maximum atomic E-state index is 12.7. The highest BCUT2D eigenvalue weighted by Crippen LogP contribution is 2.36. The van der Waals surface area contributed by atoms with Crippen LogP contribution in [0.25, 0.3) is 0 Å². The number of carbonyl (C=O) groups is 1. The fraction of sp³-hybridized carbons (Fsp3) is 0.500. The van der Waals surface area contributed by atoms with Crippen LogP contribution in [0.1, 0.15) is 30.1 Å². The molecule has 1 amide bonds. The highest BCUT2D eigenvalue weighted by molar-refractivity contribution is 5.95. The molecule has 0 aromatic heterocycles. The third-order valence-electron chi connectivity index (χ3n) is 3.54. The van der Waals surface area contributed by atoms with Gasteiger partial charge in [-0.05, 0) is 43.9 Å². The largest absolute Gasteiger partial charge is 0.406 e. The second-order valence-corrected chi connectivity index (χ2v) is 5.25. The molecule has 1 aromatic rings. The Kier molecular flexibility index (Phi) is 3.92. The Morgan fingerprint density at radius 1 is 1.45 bits per heavy atom. The van der Waals surface area contributed by atoms with Crippen molar-refractivity contribution in [3.05, 3.63) is 29.8 Å². The molecule has 0 aliphatic heterocycles. The lowest BCUT2D eigenvalue weighted by Gasteiger charge is -2.30. The van der Waals surface area contributed by atoms with Crippen LogP contribution >= 0.6 is 0 Å². The number of nitrogen functional groups attached to an aromatic ring is 1. The minimum Gasteiger partial charge on any atom is -0.399 e. The van der Waals surface area contributed by atoms with Gasteiger partial charge in [-0.3, -0.25) is 4.79 Å². The second-order valence-electron chi connectivity index (χ2n) is 5.25. The number of anilines is 1. The molecule has 1 fully saturated rings. The molecule has 6 heteroatoms. The fourth-order valence-electron chi connectivity index (χ4n) is 2.26. The number of rotatable bonds is 4. The minimum atomic E-state index is -4.40. The van der Waals surface area contributed by atoms with Crippen LogP contribution in [0.15, 0.2) is 24.3 Å². The van der Waals surface area contributed by atoms with Gasteiger partial charge in [-0.15, -0.1) is 0 Å². The molecular weight excluding hydrogens is 269 g/mol. The number of benzene rings is 1. The highest BCUT2D eigenvalue weighted by Gasteiger charge is 2.40. The van der Waals surface area contributed by atoms with Crippen LogP contribution in [0.5, 0.6) is 0 Å². The van der Waals surface area contributed by atoms with Gasteiger partial charge in [0.25, 0.3) is 5.91 Å². The zero-order chi connectivity index (χ0) is 14.9. The molecule has 20 heavy (non-hydrogen) atoms. The predicted molar refractivity (Wildman–Crippen MR) is 70.1 cm³/mol. The van der Waals surface area contributed by atoms with E-state index in [-0.39, 0.29) is 11.5 Å². The maximum absolute atomic E-state index is 12.7. The fourth-order valence-corrected chi connectivity index (χ4v) is 2.26. The van der Waals surface area contributed by atoms with Crippen molar-refractivity contribution in [2.75, 3.05) is 12.3 Å². The first-order valence-electron chi connectivity index (χ1n) is 6.51. The van der Waals surface area contributed by atoms with E-state index < -0.39 is 24.7 Å². The first-order chi connectivity index (χ1) is 9.28. The van der Waals surface area contributed by atoms with Gasteiger partial charge in [0, 0.05) is 17.3 Å². The van der Waals surface area contributed by atoms with Gasteiger partial charge in [0.15, 0.2) is 0 Å². The molecule has 2 rings (SSSR count). The summed E-state index contributed by atoms with van der Waals surface area (Å²) in [4.78, 5) is 13.2. The van der Waals surface area contributed by atoms with Crippen molar-refractivity contribution in [1.29, 1.82) is 0 Å². The third kappa shape index (κ3) is 3.65. The smallest absolute Gasteiger partial charge is 0.399 e. The summed E-state index contributed by atoms with van der Waals surface area (Å²) in [7, 11) is 0. The standard InChI is InChI=1S/C14H17F3N2O/c1-9(10-5-6-10)19(8-14(15,16)17)13(20)11-3-2-4-12(18)7-11/h2-4,7,9-10H,5-6,8,18H2,1H3. The maximum Gasteiger partial charge on any atom is 0.406 e. The quantitative estimate of drug-likeness (QED) is 0.865. The van der Waals surface area contributed by atoms with Crippen LogP contribution in [0.4, 0.5) is 18.9 Å². The van der Waals surface area contributed by atoms with Gasteiger partial charge in [-0.25, -0.2) is 0 Å². The third-order valence-corrected chi connectivity index (χ3v) is 3.54. The molecule has 1 atom stereocenters. The molecule has 0 heterocycles. The number of carbonyl (C=O) groups excluding carboxylic acids is 1. The van der Waals surface area contributed by atoms with E-state index in [0.29, 0.717) is 5.69 Å². The van der Waals surface area contributed by atoms with Crippen LogP contribution in [0, 0.1) is 5.92 Å². The summed E-state index contributed by atoms with van der Waals surface area (Å²) >= 11 is 0. The summed E-state index contributed by atoms with van der Waals surface area (Å²) < 4.78 is 38.1. The van der Waals surface area contributed by atoms with E-state index in [1.54, 1.807) is 19.1 Å². The van der Waals surface area contributed by atoms with Gasteiger partial charge in [0.1, 0.15) is 6.54 Å². The van der Waals surface area contributed by atoms with E-state index in [1.165, 1.54) is 12.1 Å². The average Bonchev–Trinajstić information content (AvgIpc) is 3.17. The summed E-state index contributed by atoms with van der Waals surface area (Å²) in [6.07, 6.45) is -2.65. The van der Waals surface area contributed by atoms with Crippen molar-refractivity contribution >= 4 is 11.6 Å². The van der Waals surface area contributed by atoms with Crippen molar-refractivity contribution in [2.24, 2.45) is 5.92 Å². The Balaban J connectivity index is 2.23. The Morgan fingerprint density at radius 3 is 2.60 bits per heavy atom. The summed E-state index contributed by atoms with van der Waals surface area (Å²) in [5, 5.41) is 0. The lowest BCUT2D eigenvalue weighted by atomic mass is 10.1. The number of amides is 1. The lowest BCUT2D eigenvalue weighted by molar-refractivity contribution is -0.144. The number of hydrogen-bond acceptors (Lipinski definition) is 2. The molecule has 110 valence electrons. The summed E-state index contributed by atoms with van der Waals surface area (Å²) in [6, 6.07) is 5.64. The van der Waals surface area contributed by atoms with Crippen molar-refractivity contribution in [2.45, 2.75) is 32.0 Å². The van der Waals surface area contributed by atoms with E-state index >= 15 is 0 Å². The highest BCUT2D eigenvalue weighted by atomic mass is 19.4. The minimum absolute atomic E-state index is 0.169. The van der Waals surface area contributed by atoms with E-state index in [1.807, 2.05) is 0 Å². The van der Waals surface area contributed by atoms with E-state index in [9.17, 15) is 18.0 Å². The van der Waals surface area contributed by atoms with Gasteiger partial charge in [0.05, 0.1) is 0 Å². The first kappa shape index (κ1) is 14.7. The summed E-state index contributed by atoms with van der Waals surface area (Å²) in [6.45, 7) is 0.450. The number of halogens is 3. The van der Waals surface area contributed by atoms with Crippen LogP contribution in [-0.2, 0) is 0 Å². The van der Waals surface area contributed by atoms with Crippen molar-refractivity contribution in [3.8, 4) is 0 Å². The molecule has 1 unspecified atom stereocenters. The van der Waals surface area contributed by atoms with Gasteiger partial charge >= 0.3 is 6.18 Å². The molecule has 1 aromatic carbocycles. The lowest BCUT2D eigenvalue weighted by Crippen LogP contribution is -2.45. The zero-order valence-electron chi connectivity index (χ0n) is 11.2. The van der Waals surface area contributed by atoms with Crippen LogP contribution in [0.2, 0.25) is 0 Å². The number of nitrogens with two attached hydrogens (primary N) is 1. The van der Waals surface area contributed by atoms with Crippen molar-refractivity contribution < 1.29 is 18.0 Å². The van der Waals surface area contributed by atoms with Crippen LogP contribution in [-0.4, -0.2) is 29.6 Å². The topological polar surface area (TPSA) is 46.3 Å². The second kappa shape index (κ2) is 5.34. The number of hydrogen-bond donors (Lipinski definition) is 1. The number of alkyl halides is 3. The molecule has 2 N–H and O–H groups in total. The van der Waals surface area contributed by atoms with Gasteiger partial charge in [0.2, 0.25) is 0 Å². The van der Waals surface area contributed by atoms with Crippen molar-refractivity contribution in [1.82, 2.24) is 4.90 Å². The zero-order valence-corrected chi connectivity index (χ0v) is 11.2. The van der Waals surface area contributed by atoms with Gasteiger partial charge in [-0.1, -0.05) is 6.07 Å². The Labute approximate surface area is 115 Å².